The molecule has 0 fully saturated rings. The van der Waals surface area contributed by atoms with Gasteiger partial charge in [-0.25, -0.2) is 0 Å². The molecule has 5 aromatic rings. The van der Waals surface area contributed by atoms with Gasteiger partial charge in [0.15, 0.2) is 11.9 Å². The normalized spacial score (nSPS) is 13.5. The first-order chi connectivity index (χ1) is 69.4. The first kappa shape index (κ1) is 130. The summed E-state index contributed by atoms with van der Waals surface area (Å²) < 4.78 is 22.5. The molecule has 1 unspecified atom stereocenters. The standard InChI is InChI=1S/C95H144N28O16.3CO.Re/c1-7-59(4)80(93(139)116-71(41-28-47-108-95(103)104)87(133)119-73(84(130)109-54-78(100)125)50-62-29-11-8-12-30-62)122-88(134)69(39-18-23-43-97)113-82(128)61(6)111-79(126)55-110-81(127)60(5)112-85(131)68(38-17-22-42-96)114-89(135)72(49-58(2)3)118-86(132)70(40-27-46-107-94(101)102)115-90(136)75(52-64-33-15-10-16-34-64)120-92(138)76(53-77(99)124)121-91(137)74(51-63-31-13-9-14-32-63)117-83(129)67(98)37-21-26-48-123(56-65-35-19-24-44-105-65)57-66-36-20-25-45-106-66;3*1-2;/h8-16,19-20,24-25,29-36,44-45,58-61,67-76,80H,7,17-18,21-23,26-28,37-43,46-57,96-98H2,1-6H3,(H2,99,124)(H2,100,125)(H,109,130)(H,110,127)(H,111,126)(H,112,131)(H,113,128)(H,114,135)(H,115,136)(H,116,139)(H,117,129)(H,118,132)(H,119,133)(H,120,138)(H,121,137)(H,122,134)(H4,101,102,107)(H4,103,104,108);;;;/t59-,60-,61-,67?,68-,69-,70-,71-,72-,73-,74-,75-,76-,80-;;;;/m0..../s1. The molecule has 1 radical (unpaired) electrons. The van der Waals surface area contributed by atoms with Crippen LogP contribution in [0.4, 0.5) is 0 Å². The van der Waals surface area contributed by atoms with Crippen LogP contribution in [0.25, 0.3) is 0 Å². The minimum absolute atomic E-state index is 0. The largest absolute Gasteiger partial charge is 0 e. The Hall–Kier alpha value is -14.3. The van der Waals surface area contributed by atoms with E-state index in [1.165, 1.54) is 13.8 Å². The van der Waals surface area contributed by atoms with Crippen LogP contribution in [0.3, 0.4) is 0 Å². The maximum absolute atomic E-state index is 15.0. The molecule has 0 saturated carbocycles. The molecule has 0 aliphatic rings. The van der Waals surface area contributed by atoms with Crippen LogP contribution in [0.15, 0.2) is 140 Å². The Morgan fingerprint density at radius 1 is 0.363 bits per heavy atom. The fourth-order valence-electron chi connectivity index (χ4n) is 14.7. The van der Waals surface area contributed by atoms with Crippen LogP contribution in [-0.2, 0) is 143 Å². The molecule has 2 aromatic heterocycles. The fourth-order valence-corrected chi connectivity index (χ4v) is 14.7. The van der Waals surface area contributed by atoms with Crippen molar-refractivity contribution < 1.29 is 111 Å². The van der Waals surface area contributed by atoms with Crippen LogP contribution in [0, 0.1) is 42.6 Å². The van der Waals surface area contributed by atoms with E-state index in [9.17, 15) is 71.9 Å². The van der Waals surface area contributed by atoms with E-state index in [-0.39, 0.29) is 136 Å². The van der Waals surface area contributed by atoms with Crippen molar-refractivity contribution in [2.24, 2.45) is 52.0 Å². The van der Waals surface area contributed by atoms with E-state index in [4.69, 9.17) is 64.9 Å². The zero-order valence-corrected chi connectivity index (χ0v) is 86.0. The van der Waals surface area contributed by atoms with Gasteiger partial charge in [0.1, 0.15) is 72.5 Å². The summed E-state index contributed by atoms with van der Waals surface area (Å²) in [6.07, 6.45) is 5.31. The third-order valence-corrected chi connectivity index (χ3v) is 22.5. The van der Waals surface area contributed by atoms with Gasteiger partial charge in [0.05, 0.1) is 36.9 Å². The van der Waals surface area contributed by atoms with Gasteiger partial charge in [-0.3, -0.25) is 102 Å². The number of unbranched alkanes of at least 4 members (excludes halogenated alkanes) is 3. The molecule has 3 aromatic carbocycles. The quantitative estimate of drug-likeness (QED) is 0.00603. The molecular formula is C98H144N28O19Re. The van der Waals surface area contributed by atoms with E-state index >= 15 is 4.79 Å². The summed E-state index contributed by atoms with van der Waals surface area (Å²) in [5.74, 6) is -15.6. The molecule has 5 rings (SSSR count). The van der Waals surface area contributed by atoms with Crippen LogP contribution in [0.2, 0.25) is 0 Å². The number of amides is 16. The van der Waals surface area contributed by atoms with E-state index in [0.717, 1.165) is 11.4 Å². The van der Waals surface area contributed by atoms with Crippen molar-refractivity contribution in [1.29, 1.82) is 10.8 Å². The molecular weight excluding hydrogens is 2060 g/mol. The van der Waals surface area contributed by atoms with Crippen molar-refractivity contribution in [3.63, 3.8) is 0 Å². The maximum atomic E-state index is 15.0. The van der Waals surface area contributed by atoms with Gasteiger partial charge in [-0.15, -0.1) is 0 Å². The van der Waals surface area contributed by atoms with Crippen LogP contribution >= 0.6 is 0 Å². The van der Waals surface area contributed by atoms with Gasteiger partial charge in [0.2, 0.25) is 94.5 Å². The van der Waals surface area contributed by atoms with Gasteiger partial charge in [0, 0.05) is 78.3 Å². The van der Waals surface area contributed by atoms with Crippen LogP contribution < -0.4 is 125 Å². The molecule has 0 spiro atoms. The second kappa shape index (κ2) is 74.6. The number of nitrogens with zero attached hydrogens (tertiary/aromatic N) is 3. The van der Waals surface area contributed by atoms with Crippen molar-refractivity contribution in [3.05, 3.63) is 188 Å². The van der Waals surface area contributed by atoms with Crippen molar-refractivity contribution in [3.8, 4) is 0 Å². The van der Waals surface area contributed by atoms with E-state index in [1.54, 1.807) is 131 Å². The molecule has 14 atom stereocenters. The van der Waals surface area contributed by atoms with Crippen molar-refractivity contribution in [2.75, 3.05) is 45.8 Å². The van der Waals surface area contributed by atoms with Crippen LogP contribution in [0.1, 0.15) is 172 Å². The molecule has 146 heavy (non-hydrogen) atoms. The smallest absolute Gasteiger partial charge is 0 e. The number of carbonyl (C=O) groups is 16. The number of nitrogens with two attached hydrogens (primary N) is 7. The van der Waals surface area contributed by atoms with Gasteiger partial charge in [0.25, 0.3) is 0 Å². The number of carbonyl (C=O) groups excluding carboxylic acids is 16. The monoisotopic (exact) mass is 2200 g/mol. The number of benzene rings is 3. The molecule has 0 saturated heterocycles. The molecule has 47 nitrogen and oxygen atoms in total. The van der Waals surface area contributed by atoms with Gasteiger partial charge in [-0.1, -0.05) is 144 Å². The molecule has 48 heteroatoms. The fraction of sp³-hybridized carbons (Fsp3) is 0.500. The molecule has 16 amide bonds. The Kier molecular flexibility index (Phi) is 66.3. The molecule has 0 bridgehead atoms. The topological polar surface area (TPSA) is 784 Å². The first-order valence-electron chi connectivity index (χ1n) is 47.7. The molecule has 2 heterocycles. The summed E-state index contributed by atoms with van der Waals surface area (Å²) in [7, 11) is 0. The van der Waals surface area contributed by atoms with Gasteiger partial charge >= 0.3 is 33.9 Å². The Balaban J connectivity index is 0.0000149. The average molecular weight is 2200 g/mol. The third-order valence-electron chi connectivity index (χ3n) is 22.5. The minimum atomic E-state index is -1.76. The number of hydrogen-bond donors (Lipinski definition) is 25. The molecule has 0 aliphatic carbocycles. The minimum Gasteiger partial charge on any atom is 0 e. The van der Waals surface area contributed by atoms with Gasteiger partial charge < -0.3 is 125 Å². The summed E-state index contributed by atoms with van der Waals surface area (Å²) in [6.45, 7) is 24.0. The zero-order chi connectivity index (χ0) is 108. The maximum Gasteiger partial charge on any atom is 0 e. The number of rotatable bonds is 66. The van der Waals surface area contributed by atoms with Gasteiger partial charge in [-0.2, -0.15) is 0 Å². The average Bonchev–Trinajstić information content (AvgIpc) is 0.850. The predicted molar refractivity (Wildman–Crippen MR) is 533 cm³/mol. The summed E-state index contributed by atoms with van der Waals surface area (Å²) in [5, 5.41) is 57.4. The van der Waals surface area contributed by atoms with Gasteiger partial charge in [-0.05, 0) is 170 Å². The molecule has 797 valence electrons. The summed E-state index contributed by atoms with van der Waals surface area (Å²) in [5.41, 5.74) is 43.8. The second-order valence-electron chi connectivity index (χ2n) is 34.7. The second-order valence-corrected chi connectivity index (χ2v) is 34.7. The van der Waals surface area contributed by atoms with E-state index < -0.39 is 204 Å². The van der Waals surface area contributed by atoms with Crippen molar-refractivity contribution >= 4 is 106 Å². The van der Waals surface area contributed by atoms with Crippen LogP contribution in [-0.4, -0.2) is 246 Å². The van der Waals surface area contributed by atoms with Crippen molar-refractivity contribution in [1.82, 2.24) is 99.9 Å². The Morgan fingerprint density at radius 3 is 1.12 bits per heavy atom. The van der Waals surface area contributed by atoms with E-state index in [0.29, 0.717) is 74.8 Å². The predicted octanol–water partition coefficient (Wildman–Crippen LogP) is -3.08. The SMILES string of the molecule is CC[C@H](C)[C@H](NC(=O)[C@H](CCCCN)NC(=O)[C@H](C)NC(=O)CNC(=O)[C@H](C)NC(=O)[C@H](CCCCN)NC(=O)[C@H](CC(C)C)NC(=O)[C@H](CCCNC(=N)N)NC(=O)[C@H](Cc1ccccc1)NC(=O)[C@H](CC(N)=O)NC(=O)[C@H](Cc1ccccc1)NC(=O)C(N)CCCCN(Cc1ccccn1)Cc1ccccn1)C(=O)N[C@@H](CCCNC(=N)N)C(=O)N[C@@H](Cc1ccccc1)C(=O)NCC(N)=O.[C-]#[O+].[C-]#[O+].[C-]#[O+].[Re]. The Morgan fingerprint density at radius 2 is 0.712 bits per heavy atom. The summed E-state index contributed by atoms with van der Waals surface area (Å²) in [4.78, 5) is 236. The van der Waals surface area contributed by atoms with E-state index in [1.807, 2.05) is 36.4 Å². The third kappa shape index (κ3) is 53.4. The van der Waals surface area contributed by atoms with E-state index in [2.05, 4.69) is 120 Å². The number of pyridine rings is 2. The molecule has 32 N–H and O–H groups in total. The Labute approximate surface area is 864 Å². The summed E-state index contributed by atoms with van der Waals surface area (Å²) in [6, 6.07) is 19.0. The van der Waals surface area contributed by atoms with Crippen molar-refractivity contribution in [2.45, 2.75) is 255 Å². The number of primary amides is 2. The number of hydrogen-bond acceptors (Lipinski definition) is 24. The number of aromatic nitrogens is 2. The zero-order valence-electron chi connectivity index (χ0n) is 83.3. The molecule has 0 aliphatic heterocycles. The van der Waals surface area contributed by atoms with Crippen LogP contribution in [0.5, 0.6) is 0 Å². The number of guanidine groups is 2. The first-order valence-corrected chi connectivity index (χ1v) is 47.7. The number of nitrogens with one attached hydrogen (secondary N) is 18. The summed E-state index contributed by atoms with van der Waals surface area (Å²) >= 11 is 0. The Bertz CT molecular complexity index is 4890.